The fourth-order valence-electron chi connectivity index (χ4n) is 1.21. The summed E-state index contributed by atoms with van der Waals surface area (Å²) in [5, 5.41) is 9.11. The van der Waals surface area contributed by atoms with E-state index in [1.165, 1.54) is 0 Å². The van der Waals surface area contributed by atoms with Crippen molar-refractivity contribution in [1.82, 2.24) is 0 Å². The largest absolute Gasteiger partial charge is 0.508 e. The summed E-state index contributed by atoms with van der Waals surface area (Å²) >= 11 is 0. The molecule has 0 saturated heterocycles. The van der Waals surface area contributed by atoms with Crippen LogP contribution in [-0.2, 0) is 0 Å². The van der Waals surface area contributed by atoms with Crippen molar-refractivity contribution in [2.45, 2.75) is 6.42 Å². The Morgan fingerprint density at radius 3 is 3.18 bits per heavy atom. The van der Waals surface area contributed by atoms with E-state index in [4.69, 9.17) is 9.84 Å². The van der Waals surface area contributed by atoms with Gasteiger partial charge < -0.3 is 9.84 Å². The molecular formula is C9H9O2. The Morgan fingerprint density at radius 2 is 2.27 bits per heavy atom. The molecule has 1 aromatic carbocycles. The molecule has 0 bridgehead atoms. The van der Waals surface area contributed by atoms with Crippen molar-refractivity contribution >= 4 is 0 Å². The first-order valence-electron chi connectivity index (χ1n) is 3.65. The third kappa shape index (κ3) is 1.16. The van der Waals surface area contributed by atoms with Crippen LogP contribution >= 0.6 is 0 Å². The van der Waals surface area contributed by atoms with Crippen molar-refractivity contribution in [2.75, 3.05) is 6.61 Å². The Hall–Kier alpha value is -1.18. The average molecular weight is 149 g/mol. The van der Waals surface area contributed by atoms with E-state index in [1.54, 1.807) is 18.2 Å². The van der Waals surface area contributed by atoms with Crippen molar-refractivity contribution in [3.05, 3.63) is 30.2 Å². The van der Waals surface area contributed by atoms with Crippen LogP contribution in [0, 0.1) is 6.42 Å². The van der Waals surface area contributed by atoms with E-state index in [-0.39, 0.29) is 0 Å². The summed E-state index contributed by atoms with van der Waals surface area (Å²) in [5.41, 5.74) is 0.997. The van der Waals surface area contributed by atoms with Gasteiger partial charge in [-0.1, -0.05) is 0 Å². The minimum atomic E-state index is 0.297. The minimum Gasteiger partial charge on any atom is -0.508 e. The van der Waals surface area contributed by atoms with Gasteiger partial charge in [0.2, 0.25) is 0 Å². The fraction of sp³-hybridized carbons (Fsp3) is 0.222. The molecule has 1 aromatic rings. The predicted octanol–water partition coefficient (Wildman–Crippen LogP) is 1.73. The first-order chi connectivity index (χ1) is 5.36. The van der Waals surface area contributed by atoms with Crippen molar-refractivity contribution in [3.8, 4) is 11.5 Å². The SMILES string of the molecule is Oc1ccc2c(c1)[CH]CCO2. The van der Waals surface area contributed by atoms with Crippen LogP contribution in [0.25, 0.3) is 0 Å². The molecule has 1 heterocycles. The number of ether oxygens (including phenoxy) is 1. The molecule has 1 aliphatic rings. The number of rotatable bonds is 0. The number of hydrogen-bond donors (Lipinski definition) is 1. The Morgan fingerprint density at radius 1 is 1.36 bits per heavy atom. The topological polar surface area (TPSA) is 29.5 Å². The number of benzene rings is 1. The highest BCUT2D eigenvalue weighted by Crippen LogP contribution is 2.28. The molecule has 1 N–H and O–H groups in total. The number of phenols is 1. The maximum Gasteiger partial charge on any atom is 0.123 e. The average Bonchev–Trinajstić information content (AvgIpc) is 2.04. The summed E-state index contributed by atoms with van der Waals surface area (Å²) in [6.07, 6.45) is 3.00. The second-order valence-electron chi connectivity index (χ2n) is 2.56. The van der Waals surface area contributed by atoms with Gasteiger partial charge in [-0.05, 0) is 31.0 Å². The van der Waals surface area contributed by atoms with Crippen LogP contribution in [0.4, 0.5) is 0 Å². The summed E-state index contributed by atoms with van der Waals surface area (Å²) < 4.78 is 5.34. The normalized spacial score (nSPS) is 15.3. The van der Waals surface area contributed by atoms with Crippen molar-refractivity contribution in [3.63, 3.8) is 0 Å². The van der Waals surface area contributed by atoms with Gasteiger partial charge in [-0.25, -0.2) is 0 Å². The number of phenolic OH excluding ortho intramolecular Hbond substituents is 1. The first kappa shape index (κ1) is 6.53. The smallest absolute Gasteiger partial charge is 0.123 e. The maximum absolute atomic E-state index is 9.11. The summed E-state index contributed by atoms with van der Waals surface area (Å²) in [6, 6.07) is 5.15. The maximum atomic E-state index is 9.11. The molecule has 2 heteroatoms. The first-order valence-corrected chi connectivity index (χ1v) is 3.65. The zero-order valence-electron chi connectivity index (χ0n) is 6.08. The standard InChI is InChI=1S/C9H9O2/c10-8-3-4-9-7(6-8)2-1-5-11-9/h2-4,6,10H,1,5H2. The molecule has 0 atom stereocenters. The summed E-state index contributed by atoms with van der Waals surface area (Å²) in [5.74, 6) is 1.17. The summed E-state index contributed by atoms with van der Waals surface area (Å²) in [4.78, 5) is 0. The van der Waals surface area contributed by atoms with Gasteiger partial charge in [-0.2, -0.15) is 0 Å². The van der Waals surface area contributed by atoms with Gasteiger partial charge in [0, 0.05) is 5.56 Å². The van der Waals surface area contributed by atoms with E-state index >= 15 is 0 Å². The molecule has 11 heavy (non-hydrogen) atoms. The van der Waals surface area contributed by atoms with Crippen molar-refractivity contribution < 1.29 is 9.84 Å². The molecule has 0 spiro atoms. The second kappa shape index (κ2) is 2.46. The third-order valence-electron chi connectivity index (χ3n) is 1.73. The molecule has 0 saturated carbocycles. The van der Waals surface area contributed by atoms with Gasteiger partial charge >= 0.3 is 0 Å². The molecule has 0 amide bonds. The third-order valence-corrected chi connectivity index (χ3v) is 1.73. The van der Waals surface area contributed by atoms with Crippen LogP contribution in [0.15, 0.2) is 18.2 Å². The van der Waals surface area contributed by atoms with E-state index < -0.39 is 0 Å². The Kier molecular flexibility index (Phi) is 1.46. The zero-order valence-corrected chi connectivity index (χ0v) is 6.08. The molecular weight excluding hydrogens is 140 g/mol. The highest BCUT2D eigenvalue weighted by atomic mass is 16.5. The lowest BCUT2D eigenvalue weighted by molar-refractivity contribution is 0.305. The van der Waals surface area contributed by atoms with Crippen molar-refractivity contribution in [1.29, 1.82) is 0 Å². The number of fused-ring (bicyclic) bond motifs is 1. The zero-order chi connectivity index (χ0) is 7.68. The lowest BCUT2D eigenvalue weighted by Gasteiger charge is -2.16. The Labute approximate surface area is 65.4 Å². The quantitative estimate of drug-likeness (QED) is 0.608. The molecule has 1 aliphatic heterocycles. The molecule has 0 aliphatic carbocycles. The summed E-state index contributed by atoms with van der Waals surface area (Å²) in [6.45, 7) is 0.748. The van der Waals surface area contributed by atoms with Crippen LogP contribution in [0.2, 0.25) is 0 Å². The molecule has 0 unspecified atom stereocenters. The van der Waals surface area contributed by atoms with Crippen LogP contribution < -0.4 is 4.74 Å². The van der Waals surface area contributed by atoms with E-state index in [0.717, 1.165) is 24.3 Å². The van der Waals surface area contributed by atoms with E-state index in [9.17, 15) is 0 Å². The van der Waals surface area contributed by atoms with Gasteiger partial charge in [0.15, 0.2) is 0 Å². The predicted molar refractivity (Wildman–Crippen MR) is 41.6 cm³/mol. The number of hydrogen-bond acceptors (Lipinski definition) is 2. The molecule has 57 valence electrons. The van der Waals surface area contributed by atoms with Gasteiger partial charge in [-0.3, -0.25) is 0 Å². The van der Waals surface area contributed by atoms with Crippen LogP contribution in [0.3, 0.4) is 0 Å². The number of aromatic hydroxyl groups is 1. The second-order valence-corrected chi connectivity index (χ2v) is 2.56. The fourth-order valence-corrected chi connectivity index (χ4v) is 1.21. The van der Waals surface area contributed by atoms with E-state index in [2.05, 4.69) is 6.42 Å². The highest BCUT2D eigenvalue weighted by Gasteiger charge is 2.09. The van der Waals surface area contributed by atoms with Gasteiger partial charge in [0.05, 0.1) is 6.61 Å². The molecule has 2 rings (SSSR count). The van der Waals surface area contributed by atoms with Crippen molar-refractivity contribution in [2.24, 2.45) is 0 Å². The highest BCUT2D eigenvalue weighted by molar-refractivity contribution is 5.44. The molecule has 1 radical (unpaired) electrons. The molecule has 0 aromatic heterocycles. The summed E-state index contributed by atoms with van der Waals surface area (Å²) in [7, 11) is 0. The van der Waals surface area contributed by atoms with Crippen LogP contribution in [0.5, 0.6) is 11.5 Å². The van der Waals surface area contributed by atoms with E-state index in [0.29, 0.717) is 5.75 Å². The minimum absolute atomic E-state index is 0.297. The molecule has 0 fully saturated rings. The van der Waals surface area contributed by atoms with Gasteiger partial charge in [0.25, 0.3) is 0 Å². The lowest BCUT2D eigenvalue weighted by Crippen LogP contribution is -2.05. The Balaban J connectivity index is 2.43. The van der Waals surface area contributed by atoms with E-state index in [1.807, 2.05) is 0 Å². The van der Waals surface area contributed by atoms with Gasteiger partial charge in [-0.15, -0.1) is 0 Å². The van der Waals surface area contributed by atoms with Crippen LogP contribution in [0.1, 0.15) is 12.0 Å². The monoisotopic (exact) mass is 149 g/mol. The van der Waals surface area contributed by atoms with Gasteiger partial charge in [0.1, 0.15) is 11.5 Å². The molecule has 2 nitrogen and oxygen atoms in total. The Bertz CT molecular complexity index is 268. The van der Waals surface area contributed by atoms with Crippen LogP contribution in [-0.4, -0.2) is 11.7 Å². The lowest BCUT2D eigenvalue weighted by atomic mass is 10.1.